The first-order chi connectivity index (χ1) is 13.5. The lowest BCUT2D eigenvalue weighted by molar-refractivity contribution is -0.386. The van der Waals surface area contributed by atoms with Crippen LogP contribution in [0.1, 0.15) is 5.56 Å². The van der Waals surface area contributed by atoms with Crippen LogP contribution >= 0.6 is 0 Å². The van der Waals surface area contributed by atoms with Gasteiger partial charge in [-0.05, 0) is 18.2 Å². The van der Waals surface area contributed by atoms with E-state index in [2.05, 4.69) is 0 Å². The van der Waals surface area contributed by atoms with Gasteiger partial charge in [-0.15, -0.1) is 0 Å². The molecule has 164 valence electrons. The number of hydrogen-bond acceptors (Lipinski definition) is 7. The summed E-state index contributed by atoms with van der Waals surface area (Å²) in [5.41, 5.74) is 1.61. The van der Waals surface area contributed by atoms with Crippen molar-refractivity contribution in [2.24, 2.45) is 0 Å². The van der Waals surface area contributed by atoms with Gasteiger partial charge in [-0.3, -0.25) is 20.2 Å². The van der Waals surface area contributed by atoms with Crippen molar-refractivity contribution < 1.29 is 41.3 Å². The predicted octanol–water partition coefficient (Wildman–Crippen LogP) is 3.67. The average molecular weight is 442 g/mol. The number of nitro groups is 2. The molecule has 0 bridgehead atoms. The molecular weight excluding hydrogens is 430 g/mol. The van der Waals surface area contributed by atoms with Crippen molar-refractivity contribution in [2.45, 2.75) is 18.0 Å². The minimum Gasteiger partial charge on any atom is -0.399 e. The minimum atomic E-state index is -6.16. The van der Waals surface area contributed by atoms with Crippen molar-refractivity contribution in [3.05, 3.63) is 68.3 Å². The molecule has 2 aromatic carbocycles. The number of rotatable bonds is 3. The molecule has 0 saturated heterocycles. The Kier molecular flexibility index (Phi) is 6.84. The Morgan fingerprint density at radius 3 is 1.53 bits per heavy atom. The number of aliphatic hydroxyl groups is 1. The van der Waals surface area contributed by atoms with E-state index in [0.29, 0.717) is 17.8 Å². The number of nitrogen functional groups attached to an aromatic ring is 2. The monoisotopic (exact) mass is 442 g/mol. The molecule has 0 fully saturated rings. The summed E-state index contributed by atoms with van der Waals surface area (Å²) in [5.74, 6) is 0. The van der Waals surface area contributed by atoms with Gasteiger partial charge in [-0.25, -0.2) is 0 Å². The van der Waals surface area contributed by atoms with Crippen molar-refractivity contribution in [3.8, 4) is 0 Å². The van der Waals surface area contributed by atoms with Crippen LogP contribution in [-0.4, -0.2) is 27.3 Å². The fraction of sp³-hybridized carbons (Fsp3) is 0.200. The number of nitrogens with zero attached hydrogens (tertiary/aromatic N) is 2. The van der Waals surface area contributed by atoms with Crippen LogP contribution < -0.4 is 11.5 Å². The minimum absolute atomic E-state index is 0.0592. The second-order valence-corrected chi connectivity index (χ2v) is 5.58. The molecule has 0 aromatic heterocycles. The topological polar surface area (TPSA) is 159 Å². The van der Waals surface area contributed by atoms with Crippen LogP contribution in [0.5, 0.6) is 0 Å². The number of halogens is 6. The number of nitro benzene ring substituents is 2. The number of alkyl halides is 6. The number of nitrogens with two attached hydrogens (primary N) is 2. The quantitative estimate of drug-likeness (QED) is 0.283. The summed E-state index contributed by atoms with van der Waals surface area (Å²) in [4.78, 5) is 18.8. The second-order valence-electron chi connectivity index (χ2n) is 5.58. The van der Waals surface area contributed by atoms with E-state index in [9.17, 15) is 46.6 Å². The van der Waals surface area contributed by atoms with Crippen LogP contribution in [-0.2, 0) is 5.60 Å². The first-order valence-corrected chi connectivity index (χ1v) is 7.42. The Bertz CT molecular complexity index is 917. The summed E-state index contributed by atoms with van der Waals surface area (Å²) >= 11 is 0. The highest BCUT2D eigenvalue weighted by Crippen LogP contribution is 2.51. The van der Waals surface area contributed by atoms with Crippen molar-refractivity contribution in [2.75, 3.05) is 11.5 Å². The van der Waals surface area contributed by atoms with Gasteiger partial charge in [0.05, 0.1) is 9.85 Å². The van der Waals surface area contributed by atoms with Gasteiger partial charge < -0.3 is 16.6 Å². The maximum Gasteiger partial charge on any atom is 0.430 e. The number of non-ortho nitro benzene ring substituents is 2. The van der Waals surface area contributed by atoms with Crippen molar-refractivity contribution in [1.29, 1.82) is 0 Å². The van der Waals surface area contributed by atoms with E-state index >= 15 is 0 Å². The van der Waals surface area contributed by atoms with E-state index in [0.717, 1.165) is 0 Å². The van der Waals surface area contributed by atoms with E-state index in [1.54, 1.807) is 0 Å². The third-order valence-corrected chi connectivity index (χ3v) is 3.56. The molecule has 5 N–H and O–H groups in total. The molecule has 15 heteroatoms. The molecule has 9 nitrogen and oxygen atoms in total. The Morgan fingerprint density at radius 2 is 1.17 bits per heavy atom. The highest BCUT2D eigenvalue weighted by Gasteiger charge is 2.72. The molecular formula is C15H12F6N4O5. The normalized spacial score (nSPS) is 12.0. The van der Waals surface area contributed by atoms with E-state index in [-0.39, 0.29) is 11.8 Å². The molecule has 30 heavy (non-hydrogen) atoms. The number of benzene rings is 2. The van der Waals surface area contributed by atoms with Crippen LogP contribution in [0.3, 0.4) is 0 Å². The molecule has 0 saturated carbocycles. The summed E-state index contributed by atoms with van der Waals surface area (Å²) in [7, 11) is 0. The van der Waals surface area contributed by atoms with Gasteiger partial charge in [-0.1, -0.05) is 0 Å². The zero-order chi connectivity index (χ0) is 23.5. The third kappa shape index (κ3) is 5.05. The molecule has 0 aliphatic heterocycles. The lowest BCUT2D eigenvalue weighted by Gasteiger charge is -2.33. The van der Waals surface area contributed by atoms with Crippen molar-refractivity contribution in [3.63, 3.8) is 0 Å². The smallest absolute Gasteiger partial charge is 0.399 e. The van der Waals surface area contributed by atoms with Gasteiger partial charge in [0.1, 0.15) is 0 Å². The summed E-state index contributed by atoms with van der Waals surface area (Å²) < 4.78 is 75.6. The van der Waals surface area contributed by atoms with E-state index in [1.165, 1.54) is 24.3 Å². The number of anilines is 2. The maximum absolute atomic E-state index is 12.6. The van der Waals surface area contributed by atoms with Crippen LogP contribution in [0.15, 0.2) is 42.5 Å². The van der Waals surface area contributed by atoms with Crippen molar-refractivity contribution in [1.82, 2.24) is 0 Å². The zero-order valence-electron chi connectivity index (χ0n) is 14.4. The first-order valence-electron chi connectivity index (χ1n) is 7.42. The van der Waals surface area contributed by atoms with Gasteiger partial charge in [0.25, 0.3) is 17.0 Å². The SMILES string of the molecule is Nc1ccc([N+](=O)[O-])cc1.Nc1ccc([N+](=O)[O-])cc1C(O)(C(F)(F)F)C(F)(F)F. The second kappa shape index (κ2) is 8.40. The molecule has 0 amide bonds. The third-order valence-electron chi connectivity index (χ3n) is 3.56. The van der Waals surface area contributed by atoms with E-state index < -0.39 is 44.7 Å². The standard InChI is InChI=1S/C9H6F6N2O3.C6H6N2O2/c10-8(11,12)7(18,9(13,14)15)5-3-4(17(19)20)1-2-6(5)16;7-5-1-3-6(4-2-5)8(9)10/h1-3,18H,16H2;1-4H,7H2. The largest absolute Gasteiger partial charge is 0.430 e. The maximum atomic E-state index is 12.6. The number of hydrogen-bond donors (Lipinski definition) is 3. The van der Waals surface area contributed by atoms with E-state index in [1.807, 2.05) is 0 Å². The van der Waals surface area contributed by atoms with Gasteiger partial charge in [-0.2, -0.15) is 26.3 Å². The molecule has 0 atom stereocenters. The first kappa shape index (κ1) is 24.4. The Balaban J connectivity index is 0.000000375. The van der Waals surface area contributed by atoms with Crippen LogP contribution in [0, 0.1) is 20.2 Å². The molecule has 2 aromatic rings. The lowest BCUT2D eigenvalue weighted by atomic mass is 9.90. The fourth-order valence-electron chi connectivity index (χ4n) is 2.03. The fourth-order valence-corrected chi connectivity index (χ4v) is 2.03. The molecule has 0 heterocycles. The Labute approximate surface area is 162 Å². The van der Waals surface area contributed by atoms with Gasteiger partial charge in [0.15, 0.2) is 0 Å². The highest BCUT2D eigenvalue weighted by atomic mass is 19.4. The Morgan fingerprint density at radius 1 is 0.767 bits per heavy atom. The van der Waals surface area contributed by atoms with Crippen LogP contribution in [0.4, 0.5) is 49.1 Å². The molecule has 0 radical (unpaired) electrons. The van der Waals surface area contributed by atoms with Gasteiger partial charge >= 0.3 is 12.4 Å². The molecule has 0 aliphatic rings. The van der Waals surface area contributed by atoms with Crippen molar-refractivity contribution >= 4 is 22.7 Å². The molecule has 0 unspecified atom stereocenters. The predicted molar refractivity (Wildman–Crippen MR) is 91.0 cm³/mol. The molecule has 0 spiro atoms. The Hall–Kier alpha value is -3.62. The molecule has 0 aliphatic carbocycles. The van der Waals surface area contributed by atoms with E-state index in [4.69, 9.17) is 16.6 Å². The van der Waals surface area contributed by atoms with Crippen LogP contribution in [0.2, 0.25) is 0 Å². The summed E-state index contributed by atoms with van der Waals surface area (Å²) in [6, 6.07) is 6.78. The zero-order valence-corrected chi connectivity index (χ0v) is 14.4. The van der Waals surface area contributed by atoms with Gasteiger partial charge in [0.2, 0.25) is 0 Å². The lowest BCUT2D eigenvalue weighted by Crippen LogP contribution is -2.54. The van der Waals surface area contributed by atoms with Crippen LogP contribution in [0.25, 0.3) is 0 Å². The van der Waals surface area contributed by atoms with Gasteiger partial charge in [0, 0.05) is 41.2 Å². The average Bonchev–Trinajstić information content (AvgIpc) is 2.60. The highest BCUT2D eigenvalue weighted by molar-refractivity contribution is 5.56. The molecule has 2 rings (SSSR count). The summed E-state index contributed by atoms with van der Waals surface area (Å²) in [5, 5.41) is 29.6. The summed E-state index contributed by atoms with van der Waals surface area (Å²) in [6.07, 6.45) is -12.3. The summed E-state index contributed by atoms with van der Waals surface area (Å²) in [6.45, 7) is 0.